The molecule has 6 heteroatoms. The molecular weight excluding hydrogens is 385 g/mol. The molecule has 3 atom stereocenters. The fraction of sp³-hybridized carbons (Fsp3) is 0.467. The van der Waals surface area contributed by atoms with Crippen LogP contribution in [0.4, 0.5) is 4.79 Å². The lowest BCUT2D eigenvalue weighted by atomic mass is 9.93. The van der Waals surface area contributed by atoms with Gasteiger partial charge in [-0.15, -0.1) is 0 Å². The van der Waals surface area contributed by atoms with Gasteiger partial charge in [-0.3, -0.25) is 4.79 Å². The molecule has 1 saturated heterocycles. The number of benzene rings is 1. The summed E-state index contributed by atoms with van der Waals surface area (Å²) in [4.78, 5) is 23.7. The Labute approximate surface area is 137 Å². The molecule has 0 aliphatic carbocycles. The zero-order valence-corrected chi connectivity index (χ0v) is 14.1. The number of esters is 1. The molecule has 0 aromatic heterocycles. The zero-order chi connectivity index (χ0) is 15.5. The van der Waals surface area contributed by atoms with E-state index in [1.54, 1.807) is 13.8 Å². The summed E-state index contributed by atoms with van der Waals surface area (Å²) in [5.74, 6) is -0.370. The first-order chi connectivity index (χ1) is 9.95. The molecule has 21 heavy (non-hydrogen) atoms. The highest BCUT2D eigenvalue weighted by atomic mass is 127. The monoisotopic (exact) mass is 403 g/mol. The number of alkyl halides is 1. The molecule has 0 bridgehead atoms. The Kier molecular flexibility index (Phi) is 5.08. The highest BCUT2D eigenvalue weighted by Crippen LogP contribution is 2.33. The van der Waals surface area contributed by atoms with Gasteiger partial charge in [0.05, 0.1) is 12.6 Å². The van der Waals surface area contributed by atoms with Crippen LogP contribution in [0, 0.1) is 0 Å². The van der Waals surface area contributed by atoms with Crippen molar-refractivity contribution in [2.45, 2.75) is 35.8 Å². The summed E-state index contributed by atoms with van der Waals surface area (Å²) in [6.45, 7) is 3.79. The van der Waals surface area contributed by atoms with Gasteiger partial charge < -0.3 is 14.8 Å². The number of carbonyl (C=O) groups excluding carboxylic acids is 2. The highest BCUT2D eigenvalue weighted by Gasteiger charge is 2.51. The van der Waals surface area contributed by atoms with Crippen LogP contribution in [-0.2, 0) is 20.7 Å². The topological polar surface area (TPSA) is 64.6 Å². The first-order valence-corrected chi connectivity index (χ1v) is 7.90. The Morgan fingerprint density at radius 3 is 2.71 bits per heavy atom. The summed E-state index contributed by atoms with van der Waals surface area (Å²) in [6, 6.07) is 9.53. The van der Waals surface area contributed by atoms with Crippen LogP contribution in [0.1, 0.15) is 19.4 Å². The minimum Gasteiger partial charge on any atom is -0.465 e. The molecule has 0 unspecified atom stereocenters. The Bertz CT molecular complexity index is 518. The third-order valence-corrected chi connectivity index (χ3v) is 4.46. The van der Waals surface area contributed by atoms with Crippen LogP contribution >= 0.6 is 22.6 Å². The maximum atomic E-state index is 12.1. The number of amides is 1. The first-order valence-electron chi connectivity index (χ1n) is 6.82. The van der Waals surface area contributed by atoms with Gasteiger partial charge in [0.25, 0.3) is 0 Å². The molecule has 1 aliphatic heterocycles. The Morgan fingerprint density at radius 2 is 2.10 bits per heavy atom. The predicted octanol–water partition coefficient (Wildman–Crippen LogP) is 2.46. The largest absolute Gasteiger partial charge is 0.465 e. The summed E-state index contributed by atoms with van der Waals surface area (Å²) < 4.78 is 9.48. The molecule has 1 aliphatic rings. The molecule has 0 radical (unpaired) electrons. The van der Waals surface area contributed by atoms with E-state index < -0.39 is 15.6 Å². The van der Waals surface area contributed by atoms with Gasteiger partial charge in [-0.25, -0.2) is 4.79 Å². The molecule has 1 amide bonds. The van der Waals surface area contributed by atoms with Crippen LogP contribution in [0.2, 0.25) is 0 Å². The van der Waals surface area contributed by atoms with E-state index >= 15 is 0 Å². The smallest absolute Gasteiger partial charge is 0.407 e. The van der Waals surface area contributed by atoms with E-state index in [1.165, 1.54) is 0 Å². The van der Waals surface area contributed by atoms with E-state index in [0.717, 1.165) is 5.56 Å². The van der Waals surface area contributed by atoms with E-state index in [9.17, 15) is 9.59 Å². The van der Waals surface area contributed by atoms with Gasteiger partial charge in [-0.1, -0.05) is 52.9 Å². The van der Waals surface area contributed by atoms with Crippen LogP contribution in [0.15, 0.2) is 30.3 Å². The van der Waals surface area contributed by atoms with Crippen LogP contribution in [-0.4, -0.2) is 34.2 Å². The summed E-state index contributed by atoms with van der Waals surface area (Å²) in [6.07, 6.45) is -0.451. The molecular formula is C15H18INO4. The maximum absolute atomic E-state index is 12.1. The third-order valence-electron chi connectivity index (χ3n) is 3.41. The first kappa shape index (κ1) is 16.1. The molecule has 1 heterocycles. The van der Waals surface area contributed by atoms with Gasteiger partial charge in [-0.05, 0) is 25.8 Å². The molecule has 0 spiro atoms. The lowest BCUT2D eigenvalue weighted by molar-refractivity contribution is -0.147. The van der Waals surface area contributed by atoms with Crippen molar-refractivity contribution < 1.29 is 19.1 Å². The standard InChI is InChI=1S/C15H18INO4/c1-3-20-13(18)15(2,16)12-11(17-14(19)21-12)9-10-7-5-4-6-8-10/h4-8,11-12H,3,9H2,1-2H3,(H,17,19)/t11-,12+,15-/m0/s1. The maximum Gasteiger partial charge on any atom is 0.407 e. The molecule has 1 N–H and O–H groups in total. The number of halogens is 1. The minimum atomic E-state index is -0.924. The molecule has 0 saturated carbocycles. The molecule has 1 fully saturated rings. The fourth-order valence-electron chi connectivity index (χ4n) is 2.36. The third kappa shape index (κ3) is 3.66. The van der Waals surface area contributed by atoms with E-state index in [4.69, 9.17) is 9.47 Å². The van der Waals surface area contributed by atoms with E-state index in [0.29, 0.717) is 13.0 Å². The van der Waals surface area contributed by atoms with Gasteiger partial charge in [0.15, 0.2) is 3.42 Å². The lowest BCUT2D eigenvalue weighted by Crippen LogP contribution is -2.50. The second-order valence-corrected chi connectivity index (χ2v) is 7.30. The molecule has 2 rings (SSSR count). The fourth-order valence-corrected chi connectivity index (χ4v) is 3.08. The molecule has 1 aromatic rings. The van der Waals surface area contributed by atoms with Crippen LogP contribution in [0.25, 0.3) is 0 Å². The SMILES string of the molecule is CCOC(=O)[C@@](C)(I)[C@@H]1OC(=O)N[C@H]1Cc1ccccc1. The highest BCUT2D eigenvalue weighted by molar-refractivity contribution is 14.1. The van der Waals surface area contributed by atoms with Gasteiger partial charge in [-0.2, -0.15) is 0 Å². The minimum absolute atomic E-state index is 0.258. The zero-order valence-electron chi connectivity index (χ0n) is 12.0. The van der Waals surface area contributed by atoms with Crippen molar-refractivity contribution in [3.05, 3.63) is 35.9 Å². The van der Waals surface area contributed by atoms with E-state index in [-0.39, 0.29) is 12.0 Å². The van der Waals surface area contributed by atoms with E-state index in [2.05, 4.69) is 5.32 Å². The average Bonchev–Trinajstić information content (AvgIpc) is 2.81. The second kappa shape index (κ2) is 6.64. The van der Waals surface area contributed by atoms with Gasteiger partial charge >= 0.3 is 12.1 Å². The van der Waals surface area contributed by atoms with Gasteiger partial charge in [0.1, 0.15) is 6.10 Å². The summed E-state index contributed by atoms with van der Waals surface area (Å²) in [5.41, 5.74) is 1.08. The number of nitrogens with one attached hydrogen (secondary N) is 1. The number of cyclic esters (lactones) is 1. The van der Waals surface area contributed by atoms with Crippen molar-refractivity contribution in [1.82, 2.24) is 5.32 Å². The van der Waals surface area contributed by atoms with Crippen LogP contribution < -0.4 is 5.32 Å². The quantitative estimate of drug-likeness (QED) is 0.466. The summed E-state index contributed by atoms with van der Waals surface area (Å²) in [5, 5.41) is 2.78. The van der Waals surface area contributed by atoms with E-state index in [1.807, 2.05) is 52.9 Å². The average molecular weight is 403 g/mol. The second-order valence-electron chi connectivity index (χ2n) is 5.06. The van der Waals surface area contributed by atoms with Crippen molar-refractivity contribution >= 4 is 34.7 Å². The predicted molar refractivity (Wildman–Crippen MR) is 86.4 cm³/mol. The van der Waals surface area contributed by atoms with Crippen LogP contribution in [0.5, 0.6) is 0 Å². The number of ether oxygens (including phenoxy) is 2. The number of carbonyl (C=O) groups is 2. The number of rotatable bonds is 5. The van der Waals surface area contributed by atoms with Crippen molar-refractivity contribution in [2.24, 2.45) is 0 Å². The van der Waals surface area contributed by atoms with Crippen molar-refractivity contribution in [1.29, 1.82) is 0 Å². The molecule has 1 aromatic carbocycles. The normalized spacial score (nSPS) is 23.9. The van der Waals surface area contributed by atoms with Crippen molar-refractivity contribution in [3.63, 3.8) is 0 Å². The number of hydrogen-bond donors (Lipinski definition) is 1. The molecule has 5 nitrogen and oxygen atoms in total. The molecule has 114 valence electrons. The number of alkyl carbamates (subject to hydrolysis) is 1. The van der Waals surface area contributed by atoms with Crippen molar-refractivity contribution in [3.8, 4) is 0 Å². The Balaban J connectivity index is 2.16. The van der Waals surface area contributed by atoms with Gasteiger partial charge in [0, 0.05) is 0 Å². The summed E-state index contributed by atoms with van der Waals surface area (Å²) in [7, 11) is 0. The lowest BCUT2D eigenvalue weighted by Gasteiger charge is -2.29. The van der Waals surface area contributed by atoms with Gasteiger partial charge in [0.2, 0.25) is 0 Å². The van der Waals surface area contributed by atoms with Crippen LogP contribution in [0.3, 0.4) is 0 Å². The number of hydrogen-bond acceptors (Lipinski definition) is 4. The van der Waals surface area contributed by atoms with Crippen molar-refractivity contribution in [2.75, 3.05) is 6.61 Å². The summed E-state index contributed by atoms with van der Waals surface area (Å²) >= 11 is 2.00. The Morgan fingerprint density at radius 1 is 1.43 bits per heavy atom. The Hall–Kier alpha value is -1.31.